The fourth-order valence-corrected chi connectivity index (χ4v) is 3.06. The molecule has 0 bridgehead atoms. The monoisotopic (exact) mass is 347 g/mol. The Labute approximate surface area is 153 Å². The van der Waals surface area contributed by atoms with E-state index in [9.17, 15) is 10.0 Å². The first-order valence-corrected chi connectivity index (χ1v) is 8.40. The number of methoxy groups -OCH3 is 1. The molecule has 3 aromatic rings. The SMILES string of the molecule is COCc1ccc(-c2cccc(C(C(=O)NO)c3ccccc3)c2)cc1. The summed E-state index contributed by atoms with van der Waals surface area (Å²) in [7, 11) is 1.67. The van der Waals surface area contributed by atoms with Gasteiger partial charge in [-0.3, -0.25) is 10.0 Å². The van der Waals surface area contributed by atoms with E-state index in [1.807, 2.05) is 78.9 Å². The Kier molecular flexibility index (Phi) is 5.79. The zero-order valence-electron chi connectivity index (χ0n) is 14.6. The first-order chi connectivity index (χ1) is 12.7. The van der Waals surface area contributed by atoms with Gasteiger partial charge in [0.05, 0.1) is 12.5 Å². The Morgan fingerprint density at radius 3 is 2.27 bits per heavy atom. The summed E-state index contributed by atoms with van der Waals surface area (Å²) in [6.45, 7) is 0.576. The summed E-state index contributed by atoms with van der Waals surface area (Å²) in [6.07, 6.45) is 0. The lowest BCUT2D eigenvalue weighted by Gasteiger charge is -2.17. The van der Waals surface area contributed by atoms with E-state index in [2.05, 4.69) is 0 Å². The lowest BCUT2D eigenvalue weighted by molar-refractivity contribution is -0.129. The first-order valence-electron chi connectivity index (χ1n) is 8.40. The molecule has 4 heteroatoms. The molecule has 4 nitrogen and oxygen atoms in total. The molecule has 1 unspecified atom stereocenters. The van der Waals surface area contributed by atoms with Crippen LogP contribution in [-0.2, 0) is 16.1 Å². The molecule has 0 aliphatic carbocycles. The smallest absolute Gasteiger partial charge is 0.255 e. The van der Waals surface area contributed by atoms with Gasteiger partial charge in [-0.1, -0.05) is 78.9 Å². The van der Waals surface area contributed by atoms with Crippen LogP contribution in [0.1, 0.15) is 22.6 Å². The van der Waals surface area contributed by atoms with Crippen LogP contribution < -0.4 is 5.48 Å². The van der Waals surface area contributed by atoms with Crippen molar-refractivity contribution >= 4 is 5.91 Å². The second-order valence-electron chi connectivity index (χ2n) is 6.08. The Morgan fingerprint density at radius 2 is 1.62 bits per heavy atom. The molecular weight excluding hydrogens is 326 g/mol. The van der Waals surface area contributed by atoms with E-state index in [0.29, 0.717) is 6.61 Å². The summed E-state index contributed by atoms with van der Waals surface area (Å²) < 4.78 is 5.14. The van der Waals surface area contributed by atoms with E-state index in [1.165, 1.54) is 0 Å². The molecule has 132 valence electrons. The van der Waals surface area contributed by atoms with Crippen molar-refractivity contribution < 1.29 is 14.7 Å². The minimum atomic E-state index is -0.575. The summed E-state index contributed by atoms with van der Waals surface area (Å²) in [5.41, 5.74) is 6.61. The van der Waals surface area contributed by atoms with Gasteiger partial charge < -0.3 is 4.74 Å². The maximum atomic E-state index is 12.3. The third kappa shape index (κ3) is 3.99. The maximum absolute atomic E-state index is 12.3. The Bertz CT molecular complexity index is 860. The quantitative estimate of drug-likeness (QED) is 0.520. The van der Waals surface area contributed by atoms with E-state index < -0.39 is 11.8 Å². The number of hydroxylamine groups is 1. The van der Waals surface area contributed by atoms with Crippen molar-refractivity contribution in [2.75, 3.05) is 7.11 Å². The molecule has 0 aliphatic heterocycles. The molecule has 0 saturated heterocycles. The van der Waals surface area contributed by atoms with Gasteiger partial charge in [0.15, 0.2) is 0 Å². The lowest BCUT2D eigenvalue weighted by atomic mass is 9.89. The molecular formula is C22H21NO3. The largest absolute Gasteiger partial charge is 0.380 e. The molecule has 0 radical (unpaired) electrons. The van der Waals surface area contributed by atoms with E-state index in [1.54, 1.807) is 12.6 Å². The van der Waals surface area contributed by atoms with Gasteiger partial charge in [-0.2, -0.15) is 0 Å². The number of carbonyl (C=O) groups is 1. The minimum Gasteiger partial charge on any atom is -0.380 e. The van der Waals surface area contributed by atoms with Gasteiger partial charge in [0.2, 0.25) is 0 Å². The van der Waals surface area contributed by atoms with E-state index in [0.717, 1.165) is 27.8 Å². The van der Waals surface area contributed by atoms with Crippen LogP contribution in [0.3, 0.4) is 0 Å². The highest BCUT2D eigenvalue weighted by atomic mass is 16.5. The van der Waals surface area contributed by atoms with Crippen molar-refractivity contribution in [2.24, 2.45) is 0 Å². The number of rotatable bonds is 6. The van der Waals surface area contributed by atoms with Crippen molar-refractivity contribution in [1.29, 1.82) is 0 Å². The average molecular weight is 347 g/mol. The Balaban J connectivity index is 1.97. The molecule has 0 spiro atoms. The van der Waals surface area contributed by atoms with Crippen molar-refractivity contribution in [3.8, 4) is 11.1 Å². The van der Waals surface area contributed by atoms with Crippen LogP contribution in [0.15, 0.2) is 78.9 Å². The zero-order chi connectivity index (χ0) is 18.4. The number of amides is 1. The van der Waals surface area contributed by atoms with Crippen molar-refractivity contribution in [3.63, 3.8) is 0 Å². The van der Waals surface area contributed by atoms with Crippen molar-refractivity contribution in [3.05, 3.63) is 95.6 Å². The second-order valence-corrected chi connectivity index (χ2v) is 6.08. The molecule has 0 saturated carbocycles. The lowest BCUT2D eigenvalue weighted by Crippen LogP contribution is -2.27. The van der Waals surface area contributed by atoms with E-state index in [-0.39, 0.29) is 0 Å². The third-order valence-electron chi connectivity index (χ3n) is 4.32. The fourth-order valence-electron chi connectivity index (χ4n) is 3.06. The standard InChI is InChI=1S/C22H21NO3/c1-26-15-16-10-12-17(13-11-16)19-8-5-9-20(14-19)21(22(24)23-25)18-6-3-2-4-7-18/h2-14,21,25H,15H2,1H3,(H,23,24). The molecule has 3 rings (SSSR count). The highest BCUT2D eigenvalue weighted by Gasteiger charge is 2.22. The highest BCUT2D eigenvalue weighted by molar-refractivity contribution is 5.86. The van der Waals surface area contributed by atoms with Crippen molar-refractivity contribution in [1.82, 2.24) is 5.48 Å². The van der Waals surface area contributed by atoms with Gasteiger partial charge in [-0.25, -0.2) is 5.48 Å². The summed E-state index contributed by atoms with van der Waals surface area (Å²) >= 11 is 0. The molecule has 3 aromatic carbocycles. The van der Waals surface area contributed by atoms with Gasteiger partial charge in [-0.15, -0.1) is 0 Å². The molecule has 0 heterocycles. The maximum Gasteiger partial charge on any atom is 0.255 e. The fraction of sp³-hybridized carbons (Fsp3) is 0.136. The molecule has 26 heavy (non-hydrogen) atoms. The van der Waals surface area contributed by atoms with Crippen LogP contribution in [0.2, 0.25) is 0 Å². The predicted molar refractivity (Wildman–Crippen MR) is 101 cm³/mol. The molecule has 1 atom stereocenters. The summed E-state index contributed by atoms with van der Waals surface area (Å²) in [5.74, 6) is -1.03. The van der Waals surface area contributed by atoms with E-state index >= 15 is 0 Å². The van der Waals surface area contributed by atoms with Crippen LogP contribution in [0, 0.1) is 0 Å². The number of carbonyl (C=O) groups excluding carboxylic acids is 1. The Hall–Kier alpha value is -2.95. The summed E-state index contributed by atoms with van der Waals surface area (Å²) in [6, 6.07) is 25.4. The van der Waals surface area contributed by atoms with Crippen LogP contribution in [-0.4, -0.2) is 18.2 Å². The zero-order valence-corrected chi connectivity index (χ0v) is 14.6. The third-order valence-corrected chi connectivity index (χ3v) is 4.32. The molecule has 0 fully saturated rings. The van der Waals surface area contributed by atoms with Crippen LogP contribution >= 0.6 is 0 Å². The van der Waals surface area contributed by atoms with Crippen LogP contribution in [0.4, 0.5) is 0 Å². The topological polar surface area (TPSA) is 58.6 Å². The highest BCUT2D eigenvalue weighted by Crippen LogP contribution is 2.29. The molecule has 1 amide bonds. The summed E-state index contributed by atoms with van der Waals surface area (Å²) in [4.78, 5) is 12.3. The van der Waals surface area contributed by atoms with Gasteiger partial charge in [-0.05, 0) is 27.8 Å². The number of hydrogen-bond acceptors (Lipinski definition) is 3. The molecule has 2 N–H and O–H groups in total. The summed E-state index contributed by atoms with van der Waals surface area (Å²) in [5, 5.41) is 9.18. The predicted octanol–water partition coefficient (Wildman–Crippen LogP) is 4.14. The minimum absolute atomic E-state index is 0.455. The normalized spacial score (nSPS) is 11.8. The first kappa shape index (κ1) is 17.9. The second kappa shape index (κ2) is 8.43. The van der Waals surface area contributed by atoms with E-state index in [4.69, 9.17) is 4.74 Å². The van der Waals surface area contributed by atoms with Gasteiger partial charge in [0.1, 0.15) is 0 Å². The van der Waals surface area contributed by atoms with Crippen molar-refractivity contribution in [2.45, 2.75) is 12.5 Å². The van der Waals surface area contributed by atoms with Gasteiger partial charge in [0, 0.05) is 7.11 Å². The molecule has 0 aromatic heterocycles. The van der Waals surface area contributed by atoms with Crippen LogP contribution in [0.25, 0.3) is 11.1 Å². The van der Waals surface area contributed by atoms with Gasteiger partial charge >= 0.3 is 0 Å². The number of ether oxygens (including phenoxy) is 1. The Morgan fingerprint density at radius 1 is 0.923 bits per heavy atom. The van der Waals surface area contributed by atoms with Gasteiger partial charge in [0.25, 0.3) is 5.91 Å². The molecule has 0 aliphatic rings. The van der Waals surface area contributed by atoms with Crippen LogP contribution in [0.5, 0.6) is 0 Å². The number of nitrogens with one attached hydrogen (secondary N) is 1. The average Bonchev–Trinajstić information content (AvgIpc) is 2.70. The number of hydrogen-bond donors (Lipinski definition) is 2. The number of benzene rings is 3.